The van der Waals surface area contributed by atoms with Gasteiger partial charge in [0.1, 0.15) is 23.1 Å². The van der Waals surface area contributed by atoms with Gasteiger partial charge in [-0.05, 0) is 42.9 Å². The van der Waals surface area contributed by atoms with Gasteiger partial charge in [-0.1, -0.05) is 42.5 Å². The number of fused-ring (bicyclic) bond motifs is 2. The highest BCUT2D eigenvalue weighted by molar-refractivity contribution is 7.93. The van der Waals surface area contributed by atoms with Gasteiger partial charge in [0.05, 0.1) is 22.2 Å². The van der Waals surface area contributed by atoms with Crippen molar-refractivity contribution in [2.75, 3.05) is 44.1 Å². The molecule has 0 atom stereocenters. The second-order valence-electron chi connectivity index (χ2n) is 11.1. The molecule has 46 heavy (non-hydrogen) atoms. The molecular formula is C32H36Cl2N8O3S. The number of halogens is 2. The number of benzene rings is 3. The van der Waals surface area contributed by atoms with E-state index >= 15 is 0 Å². The van der Waals surface area contributed by atoms with E-state index in [0.29, 0.717) is 47.2 Å². The van der Waals surface area contributed by atoms with Crippen LogP contribution in [0.4, 0.5) is 5.69 Å². The number of piperazine rings is 1. The van der Waals surface area contributed by atoms with Crippen LogP contribution in [0.1, 0.15) is 17.0 Å². The molecule has 3 heterocycles. The number of imidazole rings is 1. The van der Waals surface area contributed by atoms with Crippen molar-refractivity contribution in [2.24, 2.45) is 12.8 Å². The first-order chi connectivity index (χ1) is 21.1. The van der Waals surface area contributed by atoms with Crippen molar-refractivity contribution in [2.45, 2.75) is 11.3 Å². The number of aromatic nitrogens is 3. The minimum Gasteiger partial charge on any atom is -0.384 e. The fourth-order valence-corrected chi connectivity index (χ4v) is 7.11. The number of hydrogen-bond acceptors (Lipinski definition) is 7. The molecule has 0 radical (unpaired) electrons. The number of rotatable bonds is 8. The number of nitrogens with two attached hydrogens (primary N) is 1. The van der Waals surface area contributed by atoms with E-state index in [-0.39, 0.29) is 48.0 Å². The van der Waals surface area contributed by atoms with Crippen LogP contribution in [-0.2, 0) is 28.3 Å². The van der Waals surface area contributed by atoms with Crippen molar-refractivity contribution in [3.05, 3.63) is 95.9 Å². The fourth-order valence-electron chi connectivity index (χ4n) is 5.53. The molecule has 0 spiro atoms. The van der Waals surface area contributed by atoms with Gasteiger partial charge in [-0.3, -0.25) is 19.5 Å². The van der Waals surface area contributed by atoms with Gasteiger partial charge in [0, 0.05) is 56.8 Å². The summed E-state index contributed by atoms with van der Waals surface area (Å²) in [4.78, 5) is 26.7. The molecule has 11 nitrogen and oxygen atoms in total. The number of para-hydroxylation sites is 1. The Morgan fingerprint density at radius 3 is 2.35 bits per heavy atom. The molecule has 0 unspecified atom stereocenters. The van der Waals surface area contributed by atoms with Crippen molar-refractivity contribution >= 4 is 74.2 Å². The van der Waals surface area contributed by atoms with Gasteiger partial charge in [-0.2, -0.15) is 0 Å². The largest absolute Gasteiger partial charge is 0.384 e. The van der Waals surface area contributed by atoms with E-state index in [0.717, 1.165) is 30.0 Å². The standard InChI is InChI=1S/C32H34N8O3S.2ClH/c1-37-15-17-39(18-16-37)30(41)21-40(44(42,43)28-7-3-5-23-6-4-14-35-31(23)28)25-12-13-27-26(20-25)36-29(38(27)2)19-22-8-10-24(11-9-22)32(33)34;;/h3-14,20H,15-19,21H2,1-2H3,(H3,33,34);2*1H. The minimum absolute atomic E-state index is 0. The Morgan fingerprint density at radius 2 is 1.65 bits per heavy atom. The number of carbonyl (C=O) groups is 1. The summed E-state index contributed by atoms with van der Waals surface area (Å²) in [5, 5.41) is 8.32. The van der Waals surface area contributed by atoms with Crippen molar-refractivity contribution in [3.63, 3.8) is 0 Å². The maximum absolute atomic E-state index is 14.4. The molecule has 5 aromatic rings. The summed E-state index contributed by atoms with van der Waals surface area (Å²) in [6, 6.07) is 21.3. The van der Waals surface area contributed by atoms with E-state index in [1.807, 2.05) is 49.0 Å². The van der Waals surface area contributed by atoms with Crippen LogP contribution in [-0.4, -0.2) is 84.3 Å². The van der Waals surface area contributed by atoms with Crippen LogP contribution in [0.5, 0.6) is 0 Å². The number of nitrogens with zero attached hydrogens (tertiary/aromatic N) is 6. The molecule has 14 heteroatoms. The Labute approximate surface area is 280 Å². The van der Waals surface area contributed by atoms with E-state index in [2.05, 4.69) is 9.88 Å². The van der Waals surface area contributed by atoms with Gasteiger partial charge >= 0.3 is 0 Å². The molecule has 3 N–H and O–H groups in total. The summed E-state index contributed by atoms with van der Waals surface area (Å²) in [6.07, 6.45) is 2.10. The third-order valence-electron chi connectivity index (χ3n) is 8.17. The molecule has 2 aromatic heterocycles. The number of carbonyl (C=O) groups excluding carboxylic acids is 1. The summed E-state index contributed by atoms with van der Waals surface area (Å²) in [6.45, 7) is 2.19. The summed E-state index contributed by atoms with van der Waals surface area (Å²) in [5.41, 5.74) is 9.39. The Morgan fingerprint density at radius 1 is 0.957 bits per heavy atom. The number of sulfonamides is 1. The zero-order valence-electron chi connectivity index (χ0n) is 25.5. The predicted molar refractivity (Wildman–Crippen MR) is 186 cm³/mol. The van der Waals surface area contributed by atoms with E-state index < -0.39 is 10.0 Å². The molecule has 1 aliphatic rings. The second-order valence-corrected chi connectivity index (χ2v) is 12.9. The first-order valence-corrected chi connectivity index (χ1v) is 15.8. The van der Waals surface area contributed by atoms with Gasteiger partial charge in [0.2, 0.25) is 5.91 Å². The van der Waals surface area contributed by atoms with E-state index in [1.54, 1.807) is 47.5 Å². The van der Waals surface area contributed by atoms with Gasteiger partial charge in [0.15, 0.2) is 0 Å². The van der Waals surface area contributed by atoms with E-state index in [1.165, 1.54) is 10.4 Å². The third-order valence-corrected chi connectivity index (χ3v) is 9.98. The van der Waals surface area contributed by atoms with Gasteiger partial charge in [-0.25, -0.2) is 13.4 Å². The van der Waals surface area contributed by atoms with Crippen LogP contribution >= 0.6 is 24.8 Å². The number of anilines is 1. The van der Waals surface area contributed by atoms with Crippen molar-refractivity contribution in [3.8, 4) is 0 Å². The normalized spacial score (nSPS) is 13.7. The second kappa shape index (κ2) is 14.0. The van der Waals surface area contributed by atoms with Gasteiger partial charge in [-0.15, -0.1) is 24.8 Å². The Hall–Kier alpha value is -4.23. The quantitative estimate of drug-likeness (QED) is 0.187. The van der Waals surface area contributed by atoms with Crippen LogP contribution in [0.25, 0.3) is 21.9 Å². The summed E-state index contributed by atoms with van der Waals surface area (Å²) < 4.78 is 32.0. The van der Waals surface area contributed by atoms with Crippen molar-refractivity contribution in [1.82, 2.24) is 24.3 Å². The number of amides is 1. The molecule has 1 fully saturated rings. The molecule has 3 aromatic carbocycles. The zero-order chi connectivity index (χ0) is 31.0. The Balaban J connectivity index is 0.00000240. The summed E-state index contributed by atoms with van der Waals surface area (Å²) in [5.74, 6) is 0.538. The Bertz CT molecular complexity index is 1990. The Kier molecular flexibility index (Phi) is 10.6. The molecule has 6 rings (SSSR count). The van der Waals surface area contributed by atoms with Crippen LogP contribution in [0.3, 0.4) is 0 Å². The lowest BCUT2D eigenvalue weighted by Gasteiger charge is -2.34. The lowest BCUT2D eigenvalue weighted by Crippen LogP contribution is -2.50. The summed E-state index contributed by atoms with van der Waals surface area (Å²) in [7, 11) is -0.284. The van der Waals surface area contributed by atoms with E-state index in [4.69, 9.17) is 16.1 Å². The smallest absolute Gasteiger partial charge is 0.266 e. The molecule has 242 valence electrons. The highest BCUT2D eigenvalue weighted by Crippen LogP contribution is 2.31. The lowest BCUT2D eigenvalue weighted by molar-refractivity contribution is -0.131. The monoisotopic (exact) mass is 682 g/mol. The first-order valence-electron chi connectivity index (χ1n) is 14.3. The molecule has 1 saturated heterocycles. The van der Waals surface area contributed by atoms with Gasteiger partial charge < -0.3 is 20.1 Å². The topological polar surface area (TPSA) is 142 Å². The predicted octanol–water partition coefficient (Wildman–Crippen LogP) is 3.81. The molecule has 0 bridgehead atoms. The zero-order valence-corrected chi connectivity index (χ0v) is 27.9. The number of pyridine rings is 1. The third kappa shape index (κ3) is 6.80. The van der Waals surface area contributed by atoms with Crippen molar-refractivity contribution < 1.29 is 13.2 Å². The average molecular weight is 684 g/mol. The maximum Gasteiger partial charge on any atom is 0.266 e. The average Bonchev–Trinajstić information content (AvgIpc) is 3.33. The molecule has 1 amide bonds. The van der Waals surface area contributed by atoms with Crippen LogP contribution in [0.2, 0.25) is 0 Å². The number of nitrogens with one attached hydrogen (secondary N) is 1. The van der Waals surface area contributed by atoms with Crippen LogP contribution in [0.15, 0.2) is 83.9 Å². The molecular weight excluding hydrogens is 647 g/mol. The van der Waals surface area contributed by atoms with E-state index in [9.17, 15) is 13.2 Å². The number of hydrogen-bond donors (Lipinski definition) is 2. The number of nitrogen functional groups attached to an aromatic ring is 1. The number of aryl methyl sites for hydroxylation is 1. The highest BCUT2D eigenvalue weighted by Gasteiger charge is 2.32. The van der Waals surface area contributed by atoms with Crippen LogP contribution in [0, 0.1) is 5.41 Å². The SMILES string of the molecule is CN1CCN(C(=O)CN(c2ccc3c(c2)nc(Cc2ccc(C(=N)N)cc2)n3C)S(=O)(=O)c2cccc3cccnc23)CC1.Cl.Cl. The highest BCUT2D eigenvalue weighted by atomic mass is 35.5. The van der Waals surface area contributed by atoms with Crippen LogP contribution < -0.4 is 10.0 Å². The lowest BCUT2D eigenvalue weighted by atomic mass is 10.1. The maximum atomic E-state index is 14.4. The van der Waals surface area contributed by atoms with Gasteiger partial charge in [0.25, 0.3) is 10.0 Å². The number of likely N-dealkylation sites (N-methyl/N-ethyl adjacent to an activating group) is 1. The molecule has 1 aliphatic heterocycles. The first kappa shape index (κ1) is 34.6. The summed E-state index contributed by atoms with van der Waals surface area (Å²) >= 11 is 0. The number of amidine groups is 1. The minimum atomic E-state index is -4.21. The fraction of sp³-hybridized carbons (Fsp3) is 0.250. The molecule has 0 saturated carbocycles. The molecule has 0 aliphatic carbocycles. The van der Waals surface area contributed by atoms with Crippen molar-refractivity contribution in [1.29, 1.82) is 5.41 Å².